The molecule has 2 rings (SSSR count). The van der Waals surface area contributed by atoms with Crippen molar-refractivity contribution in [3.8, 4) is 5.75 Å². The Hall–Kier alpha value is -3.30. The summed E-state index contributed by atoms with van der Waals surface area (Å²) in [5, 5.41) is 2.31. The molecule has 2 amide bonds. The molecule has 1 aromatic carbocycles. The van der Waals surface area contributed by atoms with E-state index in [1.165, 1.54) is 44.4 Å². The molecule has 150 valence electrons. The molecule has 0 aliphatic rings. The Morgan fingerprint density at radius 1 is 1.21 bits per heavy atom. The number of aryl methyl sites for hydroxylation is 1. The van der Waals surface area contributed by atoms with E-state index < -0.39 is 29.8 Å². The van der Waals surface area contributed by atoms with Crippen molar-refractivity contribution in [2.24, 2.45) is 7.05 Å². The lowest BCUT2D eigenvalue weighted by molar-refractivity contribution is -0.137. The van der Waals surface area contributed by atoms with Crippen LogP contribution in [0.4, 0.5) is 18.9 Å². The van der Waals surface area contributed by atoms with Crippen LogP contribution >= 0.6 is 0 Å². The number of halogens is 3. The minimum Gasteiger partial charge on any atom is -0.484 e. The van der Waals surface area contributed by atoms with Gasteiger partial charge in [-0.25, -0.2) is 0 Å². The summed E-state index contributed by atoms with van der Waals surface area (Å²) in [5.41, 5.74) is -1.43. The Balaban J connectivity index is 2.11. The van der Waals surface area contributed by atoms with E-state index in [-0.39, 0.29) is 22.9 Å². The van der Waals surface area contributed by atoms with Gasteiger partial charge in [0.1, 0.15) is 11.4 Å². The molecule has 1 aromatic heterocycles. The smallest absolute Gasteiger partial charge is 0.416 e. The highest BCUT2D eigenvalue weighted by atomic mass is 19.4. The fourth-order valence-corrected chi connectivity index (χ4v) is 2.27. The third-order valence-electron chi connectivity index (χ3n) is 3.64. The first-order valence-electron chi connectivity index (χ1n) is 8.01. The SMILES string of the molecule is CN(C)C(=O)c1cc(NC(=O)COc2cccc(C(F)(F)F)c2)c(=O)n(C)c1. The molecule has 0 saturated heterocycles. The van der Waals surface area contributed by atoms with Gasteiger partial charge in [0.05, 0.1) is 11.1 Å². The molecule has 0 atom stereocenters. The number of aromatic nitrogens is 1. The van der Waals surface area contributed by atoms with Gasteiger partial charge in [-0.3, -0.25) is 14.4 Å². The number of nitrogens with zero attached hydrogens (tertiary/aromatic N) is 2. The highest BCUT2D eigenvalue weighted by Crippen LogP contribution is 2.31. The number of rotatable bonds is 5. The van der Waals surface area contributed by atoms with Crippen LogP contribution in [-0.2, 0) is 18.0 Å². The van der Waals surface area contributed by atoms with Gasteiger partial charge in [-0.2, -0.15) is 13.2 Å². The lowest BCUT2D eigenvalue weighted by Gasteiger charge is -2.13. The highest BCUT2D eigenvalue weighted by Gasteiger charge is 2.30. The molecular weight excluding hydrogens is 379 g/mol. The standard InChI is InChI=1S/C18H18F3N3O4/c1-23(2)16(26)11-7-14(17(27)24(3)9-11)22-15(25)10-28-13-6-4-5-12(8-13)18(19,20)21/h4-9H,10H2,1-3H3,(H,22,25). The lowest BCUT2D eigenvalue weighted by atomic mass is 10.2. The molecular formula is C18H18F3N3O4. The Labute approximate surface area is 158 Å². The van der Waals surface area contributed by atoms with Crippen LogP contribution in [0.15, 0.2) is 41.3 Å². The third-order valence-corrected chi connectivity index (χ3v) is 3.64. The number of carbonyl (C=O) groups is 2. The molecule has 0 bridgehead atoms. The number of pyridine rings is 1. The van der Waals surface area contributed by atoms with E-state index in [1.54, 1.807) is 0 Å². The third kappa shape index (κ3) is 5.12. The van der Waals surface area contributed by atoms with Crippen molar-refractivity contribution in [3.05, 3.63) is 58.0 Å². The molecule has 2 aromatic rings. The Morgan fingerprint density at radius 3 is 2.50 bits per heavy atom. The van der Waals surface area contributed by atoms with Gasteiger partial charge in [0.2, 0.25) is 0 Å². The second kappa shape index (κ2) is 8.15. The Kier molecular flexibility index (Phi) is 6.12. The number of carbonyl (C=O) groups excluding carboxylic acids is 2. The van der Waals surface area contributed by atoms with E-state index >= 15 is 0 Å². The summed E-state index contributed by atoms with van der Waals surface area (Å²) < 4.78 is 44.3. The number of hydrogen-bond donors (Lipinski definition) is 1. The average Bonchev–Trinajstić information content (AvgIpc) is 2.62. The van der Waals surface area contributed by atoms with Gasteiger partial charge >= 0.3 is 6.18 Å². The summed E-state index contributed by atoms with van der Waals surface area (Å²) in [4.78, 5) is 37.5. The van der Waals surface area contributed by atoms with Gasteiger partial charge in [-0.1, -0.05) is 6.07 Å². The molecule has 7 nitrogen and oxygen atoms in total. The molecule has 0 spiro atoms. The van der Waals surface area contributed by atoms with Gasteiger partial charge in [0, 0.05) is 27.3 Å². The Bertz CT molecular complexity index is 952. The van der Waals surface area contributed by atoms with Gasteiger partial charge in [-0.05, 0) is 24.3 Å². The minimum absolute atomic E-state index is 0.144. The van der Waals surface area contributed by atoms with Gasteiger partial charge in [0.25, 0.3) is 17.4 Å². The molecule has 0 aliphatic heterocycles. The molecule has 0 fully saturated rings. The zero-order chi connectivity index (χ0) is 21.1. The molecule has 0 unspecified atom stereocenters. The van der Waals surface area contributed by atoms with E-state index in [1.807, 2.05) is 0 Å². The molecule has 1 heterocycles. The summed E-state index contributed by atoms with van der Waals surface area (Å²) >= 11 is 0. The quantitative estimate of drug-likeness (QED) is 0.838. The number of alkyl halides is 3. The predicted molar refractivity (Wildman–Crippen MR) is 95.3 cm³/mol. The van der Waals surface area contributed by atoms with E-state index in [9.17, 15) is 27.6 Å². The van der Waals surface area contributed by atoms with Crippen molar-refractivity contribution in [2.75, 3.05) is 26.0 Å². The summed E-state index contributed by atoms with van der Waals surface area (Å²) in [7, 11) is 4.49. The summed E-state index contributed by atoms with van der Waals surface area (Å²) in [6.45, 7) is -0.615. The first-order valence-corrected chi connectivity index (χ1v) is 8.01. The number of benzene rings is 1. The lowest BCUT2D eigenvalue weighted by Crippen LogP contribution is -2.29. The number of anilines is 1. The maximum atomic E-state index is 12.7. The van der Waals surface area contributed by atoms with Crippen molar-refractivity contribution in [1.29, 1.82) is 0 Å². The predicted octanol–water partition coefficient (Wildman–Crippen LogP) is 2.12. The number of amides is 2. The highest BCUT2D eigenvalue weighted by molar-refractivity contribution is 5.96. The van der Waals surface area contributed by atoms with Gasteiger partial charge < -0.3 is 19.5 Å². The van der Waals surface area contributed by atoms with E-state index in [2.05, 4.69) is 5.32 Å². The van der Waals surface area contributed by atoms with Crippen molar-refractivity contribution >= 4 is 17.5 Å². The maximum Gasteiger partial charge on any atom is 0.416 e. The van der Waals surface area contributed by atoms with E-state index in [0.717, 1.165) is 22.8 Å². The van der Waals surface area contributed by atoms with E-state index in [0.29, 0.717) is 0 Å². The fourth-order valence-electron chi connectivity index (χ4n) is 2.27. The second-order valence-corrected chi connectivity index (χ2v) is 6.12. The fraction of sp³-hybridized carbons (Fsp3) is 0.278. The molecule has 28 heavy (non-hydrogen) atoms. The summed E-state index contributed by atoms with van der Waals surface area (Å²) in [5.74, 6) is -1.27. The molecule has 0 saturated carbocycles. The van der Waals surface area contributed by atoms with Gasteiger partial charge in [-0.15, -0.1) is 0 Å². The van der Waals surface area contributed by atoms with Crippen LogP contribution in [0.3, 0.4) is 0 Å². The van der Waals surface area contributed by atoms with Crippen molar-refractivity contribution in [1.82, 2.24) is 9.47 Å². The monoisotopic (exact) mass is 397 g/mol. The molecule has 0 aliphatic carbocycles. The van der Waals surface area contributed by atoms with Gasteiger partial charge in [0.15, 0.2) is 6.61 Å². The second-order valence-electron chi connectivity index (χ2n) is 6.12. The molecule has 0 radical (unpaired) electrons. The van der Waals surface area contributed by atoms with Crippen molar-refractivity contribution < 1.29 is 27.5 Å². The topological polar surface area (TPSA) is 80.6 Å². The largest absolute Gasteiger partial charge is 0.484 e. The van der Waals surface area contributed by atoms with Crippen molar-refractivity contribution in [3.63, 3.8) is 0 Å². The van der Waals surface area contributed by atoms with Crippen LogP contribution < -0.4 is 15.6 Å². The zero-order valence-electron chi connectivity index (χ0n) is 15.3. The number of nitrogens with one attached hydrogen (secondary N) is 1. The van der Waals surface area contributed by atoms with E-state index in [4.69, 9.17) is 4.74 Å². The number of hydrogen-bond acceptors (Lipinski definition) is 4. The average molecular weight is 397 g/mol. The molecule has 1 N–H and O–H groups in total. The zero-order valence-corrected chi connectivity index (χ0v) is 15.3. The summed E-state index contributed by atoms with van der Waals surface area (Å²) in [6, 6.07) is 5.31. The van der Waals surface area contributed by atoms with Crippen LogP contribution in [0.1, 0.15) is 15.9 Å². The van der Waals surface area contributed by atoms with Crippen LogP contribution in [0, 0.1) is 0 Å². The molecule has 10 heteroatoms. The van der Waals surface area contributed by atoms with Crippen molar-refractivity contribution in [2.45, 2.75) is 6.18 Å². The first kappa shape index (κ1) is 21.0. The van der Waals surface area contributed by atoms with Crippen LogP contribution in [-0.4, -0.2) is 42.0 Å². The maximum absolute atomic E-state index is 12.7. The normalized spacial score (nSPS) is 11.1. The minimum atomic E-state index is -4.53. The van der Waals surface area contributed by atoms with Crippen LogP contribution in [0.5, 0.6) is 5.75 Å². The van der Waals surface area contributed by atoms with Crippen LogP contribution in [0.2, 0.25) is 0 Å². The Morgan fingerprint density at radius 2 is 1.89 bits per heavy atom. The van der Waals surface area contributed by atoms with Crippen LogP contribution in [0.25, 0.3) is 0 Å². The number of ether oxygens (including phenoxy) is 1. The first-order chi connectivity index (χ1) is 13.0. The summed E-state index contributed by atoms with van der Waals surface area (Å²) in [6.07, 6.45) is -3.20.